The summed E-state index contributed by atoms with van der Waals surface area (Å²) in [5.74, 6) is 0.454. The second-order valence-electron chi connectivity index (χ2n) is 5.57. The molecule has 0 aromatic heterocycles. The molecule has 2 amide bonds. The number of urea groups is 1. The number of anilines is 1. The summed E-state index contributed by atoms with van der Waals surface area (Å²) < 4.78 is 0. The SMILES string of the molecule is Cc1cccc(N(CC(C)C)C(=O)NC2CC2)c1. The lowest BCUT2D eigenvalue weighted by Gasteiger charge is -2.25. The zero-order valence-corrected chi connectivity index (χ0v) is 11.4. The van der Waals surface area contributed by atoms with Crippen LogP contribution in [-0.2, 0) is 0 Å². The highest BCUT2D eigenvalue weighted by molar-refractivity contribution is 5.92. The predicted molar refractivity (Wildman–Crippen MR) is 74.9 cm³/mol. The Morgan fingerprint density at radius 3 is 2.72 bits per heavy atom. The number of aryl methyl sites for hydroxylation is 1. The van der Waals surface area contributed by atoms with Gasteiger partial charge in [-0.15, -0.1) is 0 Å². The standard InChI is InChI=1S/C15H22N2O/c1-11(2)10-17(15(18)16-13-7-8-13)14-6-4-5-12(3)9-14/h4-6,9,11,13H,7-8,10H2,1-3H3,(H,16,18). The number of nitrogens with one attached hydrogen (secondary N) is 1. The van der Waals surface area contributed by atoms with Gasteiger partial charge in [0.25, 0.3) is 0 Å². The van der Waals surface area contributed by atoms with E-state index in [-0.39, 0.29) is 6.03 Å². The van der Waals surface area contributed by atoms with Gasteiger partial charge in [-0.3, -0.25) is 4.90 Å². The molecule has 1 aliphatic rings. The summed E-state index contributed by atoms with van der Waals surface area (Å²) in [5, 5.41) is 3.06. The number of benzene rings is 1. The highest BCUT2D eigenvalue weighted by atomic mass is 16.2. The first-order valence-corrected chi connectivity index (χ1v) is 6.71. The Kier molecular flexibility index (Phi) is 3.90. The number of rotatable bonds is 4. The normalized spacial score (nSPS) is 14.7. The summed E-state index contributed by atoms with van der Waals surface area (Å²) in [4.78, 5) is 14.1. The van der Waals surface area contributed by atoms with Gasteiger partial charge in [0.1, 0.15) is 0 Å². The summed E-state index contributed by atoms with van der Waals surface area (Å²) in [6, 6.07) is 8.56. The minimum absolute atomic E-state index is 0.0387. The van der Waals surface area contributed by atoms with E-state index in [0.29, 0.717) is 12.0 Å². The van der Waals surface area contributed by atoms with Crippen molar-refractivity contribution in [2.75, 3.05) is 11.4 Å². The number of amides is 2. The molecule has 0 atom stereocenters. The van der Waals surface area contributed by atoms with Crippen molar-refractivity contribution in [1.29, 1.82) is 0 Å². The Hall–Kier alpha value is -1.51. The molecule has 0 radical (unpaired) electrons. The maximum Gasteiger partial charge on any atom is 0.322 e. The summed E-state index contributed by atoms with van der Waals surface area (Å²) >= 11 is 0. The van der Waals surface area contributed by atoms with Crippen molar-refractivity contribution in [2.24, 2.45) is 5.92 Å². The van der Waals surface area contributed by atoms with Crippen molar-refractivity contribution < 1.29 is 4.79 Å². The Morgan fingerprint density at radius 2 is 2.17 bits per heavy atom. The van der Waals surface area contributed by atoms with E-state index < -0.39 is 0 Å². The van der Waals surface area contributed by atoms with Crippen LogP contribution in [0.4, 0.5) is 10.5 Å². The van der Waals surface area contributed by atoms with Gasteiger partial charge < -0.3 is 5.32 Å². The first-order chi connectivity index (χ1) is 8.56. The molecule has 1 N–H and O–H groups in total. The average Bonchev–Trinajstić information content (AvgIpc) is 3.09. The van der Waals surface area contributed by atoms with Gasteiger partial charge in [-0.05, 0) is 43.4 Å². The molecule has 0 heterocycles. The molecular weight excluding hydrogens is 224 g/mol. The van der Waals surface area contributed by atoms with E-state index >= 15 is 0 Å². The van der Waals surface area contributed by atoms with E-state index in [1.54, 1.807) is 0 Å². The number of hydrogen-bond donors (Lipinski definition) is 1. The molecule has 0 bridgehead atoms. The van der Waals surface area contributed by atoms with E-state index in [0.717, 1.165) is 25.1 Å². The lowest BCUT2D eigenvalue weighted by molar-refractivity contribution is 0.245. The lowest BCUT2D eigenvalue weighted by Crippen LogP contribution is -2.43. The van der Waals surface area contributed by atoms with Crippen LogP contribution in [0.3, 0.4) is 0 Å². The van der Waals surface area contributed by atoms with Crippen LogP contribution in [0.1, 0.15) is 32.3 Å². The molecule has 0 unspecified atom stereocenters. The average molecular weight is 246 g/mol. The lowest BCUT2D eigenvalue weighted by atomic mass is 10.1. The fourth-order valence-corrected chi connectivity index (χ4v) is 1.95. The zero-order chi connectivity index (χ0) is 13.1. The highest BCUT2D eigenvalue weighted by Crippen LogP contribution is 2.22. The quantitative estimate of drug-likeness (QED) is 0.868. The van der Waals surface area contributed by atoms with E-state index in [2.05, 4.69) is 38.2 Å². The van der Waals surface area contributed by atoms with E-state index in [4.69, 9.17) is 0 Å². The van der Waals surface area contributed by atoms with Crippen LogP contribution in [0.5, 0.6) is 0 Å². The molecule has 3 heteroatoms. The van der Waals surface area contributed by atoms with Crippen molar-refractivity contribution in [3.8, 4) is 0 Å². The van der Waals surface area contributed by atoms with Crippen LogP contribution in [0.25, 0.3) is 0 Å². The van der Waals surface area contributed by atoms with Crippen molar-refractivity contribution in [2.45, 2.75) is 39.7 Å². The third-order valence-electron chi connectivity index (χ3n) is 3.01. The van der Waals surface area contributed by atoms with Gasteiger partial charge in [0.2, 0.25) is 0 Å². The van der Waals surface area contributed by atoms with Crippen LogP contribution in [0.15, 0.2) is 24.3 Å². The molecule has 18 heavy (non-hydrogen) atoms. The fraction of sp³-hybridized carbons (Fsp3) is 0.533. The molecule has 1 aromatic carbocycles. The van der Waals surface area contributed by atoms with Gasteiger partial charge in [0.15, 0.2) is 0 Å². The third-order valence-corrected chi connectivity index (χ3v) is 3.01. The van der Waals surface area contributed by atoms with Gasteiger partial charge in [0, 0.05) is 18.3 Å². The topological polar surface area (TPSA) is 32.3 Å². The molecule has 1 fully saturated rings. The fourth-order valence-electron chi connectivity index (χ4n) is 1.95. The molecule has 1 saturated carbocycles. The smallest absolute Gasteiger partial charge is 0.322 e. The highest BCUT2D eigenvalue weighted by Gasteiger charge is 2.26. The van der Waals surface area contributed by atoms with E-state index in [1.807, 2.05) is 17.0 Å². The molecular formula is C15H22N2O. The van der Waals surface area contributed by atoms with Gasteiger partial charge in [-0.25, -0.2) is 4.79 Å². The molecule has 3 nitrogen and oxygen atoms in total. The number of carbonyl (C=O) groups is 1. The molecule has 0 saturated heterocycles. The van der Waals surface area contributed by atoms with Crippen molar-refractivity contribution in [3.05, 3.63) is 29.8 Å². The van der Waals surface area contributed by atoms with Crippen LogP contribution in [0.2, 0.25) is 0 Å². The summed E-state index contributed by atoms with van der Waals surface area (Å²) in [7, 11) is 0. The maximum absolute atomic E-state index is 12.3. The molecule has 0 aliphatic heterocycles. The third kappa shape index (κ3) is 3.49. The molecule has 2 rings (SSSR count). The van der Waals surface area contributed by atoms with Crippen molar-refractivity contribution >= 4 is 11.7 Å². The van der Waals surface area contributed by atoms with E-state index in [9.17, 15) is 4.79 Å². The number of hydrogen-bond acceptors (Lipinski definition) is 1. The van der Waals surface area contributed by atoms with Gasteiger partial charge in [-0.1, -0.05) is 26.0 Å². The molecule has 1 aliphatic carbocycles. The van der Waals surface area contributed by atoms with E-state index in [1.165, 1.54) is 5.56 Å². The van der Waals surface area contributed by atoms with Crippen LogP contribution in [0, 0.1) is 12.8 Å². The summed E-state index contributed by atoms with van der Waals surface area (Å²) in [5.41, 5.74) is 2.17. The van der Waals surface area contributed by atoms with Crippen LogP contribution >= 0.6 is 0 Å². The van der Waals surface area contributed by atoms with Crippen LogP contribution in [-0.4, -0.2) is 18.6 Å². The van der Waals surface area contributed by atoms with Crippen LogP contribution < -0.4 is 10.2 Å². The number of nitrogens with zero attached hydrogens (tertiary/aromatic N) is 1. The van der Waals surface area contributed by atoms with Gasteiger partial charge in [0.05, 0.1) is 0 Å². The van der Waals surface area contributed by atoms with Crippen molar-refractivity contribution in [3.63, 3.8) is 0 Å². The Morgan fingerprint density at radius 1 is 1.44 bits per heavy atom. The molecule has 98 valence electrons. The Bertz CT molecular complexity index is 424. The minimum Gasteiger partial charge on any atom is -0.335 e. The first kappa shape index (κ1) is 12.9. The molecule has 0 spiro atoms. The second kappa shape index (κ2) is 5.42. The zero-order valence-electron chi connectivity index (χ0n) is 11.4. The second-order valence-corrected chi connectivity index (χ2v) is 5.57. The minimum atomic E-state index is 0.0387. The Labute approximate surface area is 109 Å². The maximum atomic E-state index is 12.3. The van der Waals surface area contributed by atoms with Gasteiger partial charge >= 0.3 is 6.03 Å². The first-order valence-electron chi connectivity index (χ1n) is 6.71. The van der Waals surface area contributed by atoms with Crippen molar-refractivity contribution in [1.82, 2.24) is 5.32 Å². The molecule has 1 aromatic rings. The van der Waals surface area contributed by atoms with Gasteiger partial charge in [-0.2, -0.15) is 0 Å². The monoisotopic (exact) mass is 246 g/mol. The Balaban J connectivity index is 2.14. The summed E-state index contributed by atoms with van der Waals surface area (Å²) in [6.45, 7) is 7.07. The largest absolute Gasteiger partial charge is 0.335 e. The summed E-state index contributed by atoms with van der Waals surface area (Å²) in [6.07, 6.45) is 2.24. The number of carbonyl (C=O) groups excluding carboxylic acids is 1. The predicted octanol–water partition coefficient (Wildman–Crippen LogP) is 3.33.